The Labute approximate surface area is 129 Å². The summed E-state index contributed by atoms with van der Waals surface area (Å²) >= 11 is 1.63. The number of benzene rings is 1. The summed E-state index contributed by atoms with van der Waals surface area (Å²) in [6.45, 7) is 3.77. The maximum absolute atomic E-state index is 12.4. The Hall–Kier alpha value is -1.25. The van der Waals surface area contributed by atoms with Crippen molar-refractivity contribution in [1.82, 2.24) is 4.72 Å². The van der Waals surface area contributed by atoms with Crippen molar-refractivity contribution < 1.29 is 17.9 Å². The quantitative estimate of drug-likeness (QED) is 0.579. The number of carbonyl (C=O) groups excluding carboxylic acids is 1. The SMILES string of the molecule is CCSCC(C)NS(=O)(=O)c1ccc(N)cc1C(=O)OC. The van der Waals surface area contributed by atoms with E-state index >= 15 is 0 Å². The molecule has 8 heteroatoms. The summed E-state index contributed by atoms with van der Waals surface area (Å²) in [5.41, 5.74) is 5.83. The summed E-state index contributed by atoms with van der Waals surface area (Å²) in [5, 5.41) is 0. The Morgan fingerprint density at radius 2 is 2.14 bits per heavy atom. The van der Waals surface area contributed by atoms with Gasteiger partial charge in [0, 0.05) is 17.5 Å². The van der Waals surface area contributed by atoms with Gasteiger partial charge in [-0.2, -0.15) is 11.8 Å². The Kier molecular flexibility index (Phi) is 6.50. The van der Waals surface area contributed by atoms with E-state index in [1.807, 2.05) is 6.92 Å². The number of nitrogen functional groups attached to an aromatic ring is 1. The van der Waals surface area contributed by atoms with Crippen molar-refractivity contribution >= 4 is 33.4 Å². The third-order valence-corrected chi connectivity index (χ3v) is 5.42. The molecule has 1 unspecified atom stereocenters. The fourth-order valence-electron chi connectivity index (χ4n) is 1.71. The first-order chi connectivity index (χ1) is 9.81. The summed E-state index contributed by atoms with van der Waals surface area (Å²) in [7, 11) is -2.62. The Bertz CT molecular complexity index is 602. The van der Waals surface area contributed by atoms with E-state index in [0.717, 1.165) is 5.75 Å². The van der Waals surface area contributed by atoms with Crippen LogP contribution in [0.25, 0.3) is 0 Å². The molecule has 1 atom stereocenters. The Morgan fingerprint density at radius 3 is 2.71 bits per heavy atom. The average Bonchev–Trinajstić information content (AvgIpc) is 2.43. The first-order valence-corrected chi connectivity index (χ1v) is 9.03. The molecular formula is C13H20N2O4S2. The van der Waals surface area contributed by atoms with Crippen LogP contribution in [0.1, 0.15) is 24.2 Å². The first-order valence-electron chi connectivity index (χ1n) is 6.39. The highest BCUT2D eigenvalue weighted by atomic mass is 32.2. The van der Waals surface area contributed by atoms with Gasteiger partial charge >= 0.3 is 5.97 Å². The van der Waals surface area contributed by atoms with Crippen LogP contribution >= 0.6 is 11.8 Å². The number of methoxy groups -OCH3 is 1. The summed E-state index contributed by atoms with van der Waals surface area (Å²) in [6, 6.07) is 3.80. The van der Waals surface area contributed by atoms with Gasteiger partial charge in [0.15, 0.2) is 0 Å². The molecule has 0 aliphatic rings. The van der Waals surface area contributed by atoms with Crippen molar-refractivity contribution in [3.8, 4) is 0 Å². The van der Waals surface area contributed by atoms with Crippen LogP contribution < -0.4 is 10.5 Å². The highest BCUT2D eigenvalue weighted by molar-refractivity contribution is 7.99. The van der Waals surface area contributed by atoms with Crippen molar-refractivity contribution in [1.29, 1.82) is 0 Å². The van der Waals surface area contributed by atoms with E-state index in [4.69, 9.17) is 5.73 Å². The number of rotatable bonds is 7. The number of carbonyl (C=O) groups is 1. The monoisotopic (exact) mass is 332 g/mol. The maximum atomic E-state index is 12.4. The molecule has 0 aliphatic heterocycles. The molecule has 1 aromatic rings. The Morgan fingerprint density at radius 1 is 1.48 bits per heavy atom. The molecule has 118 valence electrons. The van der Waals surface area contributed by atoms with Crippen molar-refractivity contribution in [3.63, 3.8) is 0 Å². The van der Waals surface area contributed by atoms with Crippen LogP contribution in [0.4, 0.5) is 5.69 Å². The molecule has 6 nitrogen and oxygen atoms in total. The molecule has 0 aromatic heterocycles. The van der Waals surface area contributed by atoms with Crippen molar-refractivity contribution in [2.75, 3.05) is 24.3 Å². The summed E-state index contributed by atoms with van der Waals surface area (Å²) in [6.07, 6.45) is 0. The number of thioether (sulfide) groups is 1. The predicted molar refractivity (Wildman–Crippen MR) is 85.0 cm³/mol. The lowest BCUT2D eigenvalue weighted by Gasteiger charge is -2.15. The molecule has 0 saturated heterocycles. The fourth-order valence-corrected chi connectivity index (χ4v) is 3.91. The maximum Gasteiger partial charge on any atom is 0.339 e. The van der Waals surface area contributed by atoms with Crippen LogP contribution in [0, 0.1) is 0 Å². The van der Waals surface area contributed by atoms with Gasteiger partial charge < -0.3 is 10.5 Å². The predicted octanol–water partition coefficient (Wildman–Crippen LogP) is 1.48. The zero-order valence-electron chi connectivity index (χ0n) is 12.3. The molecule has 0 bridgehead atoms. The fraction of sp³-hybridized carbons (Fsp3) is 0.462. The molecule has 1 rings (SSSR count). The van der Waals surface area contributed by atoms with Crippen LogP contribution in [0.2, 0.25) is 0 Å². The lowest BCUT2D eigenvalue weighted by atomic mass is 10.2. The van der Waals surface area contributed by atoms with Gasteiger partial charge in [0.05, 0.1) is 17.6 Å². The van der Waals surface area contributed by atoms with E-state index in [1.54, 1.807) is 18.7 Å². The number of hydrogen-bond acceptors (Lipinski definition) is 6. The van der Waals surface area contributed by atoms with Gasteiger partial charge in [-0.1, -0.05) is 6.92 Å². The van der Waals surface area contributed by atoms with Crippen LogP contribution in [0.15, 0.2) is 23.1 Å². The second kappa shape index (κ2) is 7.67. The third kappa shape index (κ3) is 4.90. The molecule has 0 saturated carbocycles. The molecule has 1 aromatic carbocycles. The van der Waals surface area contributed by atoms with Crippen LogP contribution in [0.3, 0.4) is 0 Å². The molecule has 0 aliphatic carbocycles. The molecule has 0 heterocycles. The minimum Gasteiger partial charge on any atom is -0.465 e. The second-order valence-corrected chi connectivity index (χ2v) is 7.43. The van der Waals surface area contributed by atoms with Gasteiger partial charge in [0.2, 0.25) is 10.0 Å². The van der Waals surface area contributed by atoms with Gasteiger partial charge in [-0.25, -0.2) is 17.9 Å². The van der Waals surface area contributed by atoms with E-state index in [9.17, 15) is 13.2 Å². The van der Waals surface area contributed by atoms with Crippen molar-refractivity contribution in [3.05, 3.63) is 23.8 Å². The molecule has 21 heavy (non-hydrogen) atoms. The number of sulfonamides is 1. The van der Waals surface area contributed by atoms with Gasteiger partial charge in [0.1, 0.15) is 0 Å². The van der Waals surface area contributed by atoms with E-state index < -0.39 is 16.0 Å². The average molecular weight is 332 g/mol. The van der Waals surface area contributed by atoms with E-state index in [1.165, 1.54) is 25.3 Å². The smallest absolute Gasteiger partial charge is 0.339 e. The van der Waals surface area contributed by atoms with Crippen molar-refractivity contribution in [2.45, 2.75) is 24.8 Å². The highest BCUT2D eigenvalue weighted by Gasteiger charge is 2.24. The number of nitrogens with one attached hydrogen (secondary N) is 1. The number of anilines is 1. The number of nitrogens with two attached hydrogens (primary N) is 1. The molecular weight excluding hydrogens is 312 g/mol. The van der Waals surface area contributed by atoms with Gasteiger partial charge in [-0.05, 0) is 30.9 Å². The third-order valence-electron chi connectivity index (χ3n) is 2.63. The first kappa shape index (κ1) is 17.8. The lowest BCUT2D eigenvalue weighted by Crippen LogP contribution is -2.35. The topological polar surface area (TPSA) is 98.5 Å². The van der Waals surface area contributed by atoms with Crippen molar-refractivity contribution in [2.24, 2.45) is 0 Å². The molecule has 3 N–H and O–H groups in total. The molecule has 0 radical (unpaired) electrons. The normalized spacial score (nSPS) is 12.9. The highest BCUT2D eigenvalue weighted by Crippen LogP contribution is 2.20. The van der Waals surface area contributed by atoms with E-state index in [-0.39, 0.29) is 16.5 Å². The van der Waals surface area contributed by atoms with E-state index in [2.05, 4.69) is 9.46 Å². The minimum atomic E-state index is -3.81. The minimum absolute atomic E-state index is 0.0691. The number of ether oxygens (including phenoxy) is 1. The van der Waals surface area contributed by atoms with Crippen LogP contribution in [-0.2, 0) is 14.8 Å². The van der Waals surface area contributed by atoms with E-state index in [0.29, 0.717) is 11.4 Å². The molecule has 0 fully saturated rings. The van der Waals surface area contributed by atoms with Gasteiger partial charge in [-0.15, -0.1) is 0 Å². The Balaban J connectivity index is 3.10. The summed E-state index contributed by atoms with van der Waals surface area (Å²) < 4.78 is 31.9. The zero-order valence-corrected chi connectivity index (χ0v) is 13.9. The standard InChI is InChI=1S/C13H20N2O4S2/c1-4-20-8-9(2)15-21(17,18)12-6-5-10(14)7-11(12)13(16)19-3/h5-7,9,15H,4,8,14H2,1-3H3. The number of hydrogen-bond donors (Lipinski definition) is 2. The zero-order chi connectivity index (χ0) is 16.0. The van der Waals surface area contributed by atoms with Gasteiger partial charge in [0.25, 0.3) is 0 Å². The molecule has 0 amide bonds. The summed E-state index contributed by atoms with van der Waals surface area (Å²) in [5.74, 6) is 0.817. The van der Waals surface area contributed by atoms with Crippen LogP contribution in [0.5, 0.6) is 0 Å². The largest absolute Gasteiger partial charge is 0.465 e. The lowest BCUT2D eigenvalue weighted by molar-refractivity contribution is 0.0596. The second-order valence-electron chi connectivity index (χ2n) is 4.43. The molecule has 0 spiro atoms. The summed E-state index contributed by atoms with van der Waals surface area (Å²) in [4.78, 5) is 11.6. The van der Waals surface area contributed by atoms with Gasteiger partial charge in [-0.3, -0.25) is 0 Å². The number of esters is 1. The van der Waals surface area contributed by atoms with Crippen LogP contribution in [-0.4, -0.2) is 39.0 Å².